The maximum Gasteiger partial charge on any atom is 0.261 e. The third kappa shape index (κ3) is 5.47. The van der Waals surface area contributed by atoms with Crippen molar-refractivity contribution in [3.63, 3.8) is 0 Å². The van der Waals surface area contributed by atoms with E-state index in [2.05, 4.69) is 10.2 Å². The lowest BCUT2D eigenvalue weighted by molar-refractivity contribution is 0.0599. The Hall–Kier alpha value is -5.18. The van der Waals surface area contributed by atoms with Crippen LogP contribution >= 0.6 is 0 Å². The van der Waals surface area contributed by atoms with Gasteiger partial charge in [-0.25, -0.2) is 0 Å². The molecule has 9 nitrogen and oxygen atoms in total. The first kappa shape index (κ1) is 27.4. The molecular formula is C32H30N4O5. The number of furan rings is 1. The van der Waals surface area contributed by atoms with Gasteiger partial charge in [0.25, 0.3) is 11.8 Å². The van der Waals surface area contributed by atoms with Crippen LogP contribution in [0, 0.1) is 20.8 Å². The molecule has 41 heavy (non-hydrogen) atoms. The van der Waals surface area contributed by atoms with Crippen LogP contribution < -0.4 is 9.47 Å². The molecule has 0 bridgehead atoms. The van der Waals surface area contributed by atoms with Crippen molar-refractivity contribution in [1.29, 1.82) is 0 Å². The molecule has 0 radical (unpaired) electrons. The standard InChI is InChI=1S/C32H30N4O5/c1-20-9-14-23(15-10-20)31(37)35(32(38)24-16-11-21(2)12-17-24)19-28-33-34-30(27-18-13-22(3)41-27)36(28)29-25(39-4)7-6-8-26(29)40-5/h6-18H,19H2,1-5H3. The first-order valence-electron chi connectivity index (χ1n) is 13.0. The maximum atomic E-state index is 13.9. The second kappa shape index (κ2) is 11.5. The van der Waals surface area contributed by atoms with Crippen LogP contribution in [0.5, 0.6) is 11.5 Å². The average Bonchev–Trinajstić information content (AvgIpc) is 3.61. The Morgan fingerprint density at radius 3 is 1.76 bits per heavy atom. The lowest BCUT2D eigenvalue weighted by Crippen LogP contribution is -2.37. The first-order chi connectivity index (χ1) is 19.8. The topological polar surface area (TPSA) is 99.7 Å². The van der Waals surface area contributed by atoms with Gasteiger partial charge in [-0.05, 0) is 69.3 Å². The molecule has 2 aromatic heterocycles. The molecular weight excluding hydrogens is 520 g/mol. The van der Waals surface area contributed by atoms with E-state index < -0.39 is 11.8 Å². The van der Waals surface area contributed by atoms with E-state index in [0.717, 1.165) is 11.1 Å². The van der Waals surface area contributed by atoms with E-state index >= 15 is 0 Å². The molecule has 208 valence electrons. The molecule has 5 aromatic rings. The highest BCUT2D eigenvalue weighted by molar-refractivity contribution is 6.10. The summed E-state index contributed by atoms with van der Waals surface area (Å²) < 4.78 is 19.0. The largest absolute Gasteiger partial charge is 0.494 e. The highest BCUT2D eigenvalue weighted by Gasteiger charge is 2.30. The van der Waals surface area contributed by atoms with Crippen LogP contribution in [-0.4, -0.2) is 45.7 Å². The van der Waals surface area contributed by atoms with Crippen LogP contribution in [0.15, 0.2) is 83.3 Å². The van der Waals surface area contributed by atoms with Gasteiger partial charge in [0.2, 0.25) is 5.82 Å². The molecule has 0 aliphatic rings. The third-order valence-electron chi connectivity index (χ3n) is 6.70. The van der Waals surface area contributed by atoms with Crippen LogP contribution in [0.2, 0.25) is 0 Å². The number of aromatic nitrogens is 3. The van der Waals surface area contributed by atoms with E-state index in [1.54, 1.807) is 67.3 Å². The number of hydrogen-bond donors (Lipinski definition) is 0. The van der Waals surface area contributed by atoms with Gasteiger partial charge in [-0.1, -0.05) is 41.5 Å². The fourth-order valence-corrected chi connectivity index (χ4v) is 4.50. The van der Waals surface area contributed by atoms with Gasteiger partial charge >= 0.3 is 0 Å². The second-order valence-electron chi connectivity index (χ2n) is 9.63. The summed E-state index contributed by atoms with van der Waals surface area (Å²) in [6.45, 7) is 5.51. The number of para-hydroxylation sites is 1. The zero-order chi connectivity index (χ0) is 29.1. The van der Waals surface area contributed by atoms with E-state index in [9.17, 15) is 9.59 Å². The highest BCUT2D eigenvalue weighted by atomic mass is 16.5. The molecule has 0 fully saturated rings. The van der Waals surface area contributed by atoms with Crippen LogP contribution in [0.1, 0.15) is 43.4 Å². The number of imide groups is 1. The molecule has 3 aromatic carbocycles. The number of ether oxygens (including phenoxy) is 2. The van der Waals surface area contributed by atoms with Crippen LogP contribution in [0.4, 0.5) is 0 Å². The number of amides is 2. The number of hydrogen-bond acceptors (Lipinski definition) is 7. The zero-order valence-electron chi connectivity index (χ0n) is 23.5. The number of rotatable bonds is 8. The molecule has 2 heterocycles. The Balaban J connectivity index is 1.68. The molecule has 0 saturated carbocycles. The summed E-state index contributed by atoms with van der Waals surface area (Å²) >= 11 is 0. The highest BCUT2D eigenvalue weighted by Crippen LogP contribution is 2.37. The van der Waals surface area contributed by atoms with Gasteiger partial charge in [0, 0.05) is 11.1 Å². The van der Waals surface area contributed by atoms with Crippen LogP contribution in [0.3, 0.4) is 0 Å². The molecule has 0 aliphatic carbocycles. The molecule has 2 amide bonds. The summed E-state index contributed by atoms with van der Waals surface area (Å²) in [5.74, 6) is 1.84. The minimum Gasteiger partial charge on any atom is -0.494 e. The quantitative estimate of drug-likeness (QED) is 0.220. The summed E-state index contributed by atoms with van der Waals surface area (Å²) in [5, 5.41) is 8.87. The van der Waals surface area contributed by atoms with E-state index in [-0.39, 0.29) is 6.54 Å². The van der Waals surface area contributed by atoms with E-state index in [1.165, 1.54) is 4.90 Å². The van der Waals surface area contributed by atoms with Gasteiger partial charge in [-0.2, -0.15) is 0 Å². The SMILES string of the molecule is COc1cccc(OC)c1-n1c(CN(C(=O)c2ccc(C)cc2)C(=O)c2ccc(C)cc2)nnc1-c1ccc(C)o1. The van der Waals surface area contributed by atoms with Crippen molar-refractivity contribution in [2.24, 2.45) is 0 Å². The summed E-state index contributed by atoms with van der Waals surface area (Å²) in [7, 11) is 3.10. The summed E-state index contributed by atoms with van der Waals surface area (Å²) in [4.78, 5) is 29.0. The Labute approximate surface area is 238 Å². The molecule has 0 spiro atoms. The van der Waals surface area contributed by atoms with Gasteiger partial charge in [-0.3, -0.25) is 19.1 Å². The van der Waals surface area contributed by atoms with Crippen LogP contribution in [-0.2, 0) is 6.54 Å². The van der Waals surface area contributed by atoms with Gasteiger partial charge in [-0.15, -0.1) is 10.2 Å². The fourth-order valence-electron chi connectivity index (χ4n) is 4.50. The Morgan fingerprint density at radius 2 is 1.29 bits per heavy atom. The van der Waals surface area contributed by atoms with Crippen LogP contribution in [0.25, 0.3) is 17.3 Å². The molecule has 5 rings (SSSR count). The fraction of sp³-hybridized carbons (Fsp3) is 0.188. The van der Waals surface area contributed by atoms with Crippen molar-refractivity contribution >= 4 is 11.8 Å². The normalized spacial score (nSPS) is 10.9. The predicted molar refractivity (Wildman–Crippen MR) is 153 cm³/mol. The number of aryl methyl sites for hydroxylation is 3. The van der Waals surface area contributed by atoms with Gasteiger partial charge in [0.15, 0.2) is 11.6 Å². The minimum atomic E-state index is -0.465. The van der Waals surface area contributed by atoms with Crippen molar-refractivity contribution < 1.29 is 23.5 Å². The molecule has 0 atom stereocenters. The van der Waals surface area contributed by atoms with E-state index in [0.29, 0.717) is 51.5 Å². The monoisotopic (exact) mass is 550 g/mol. The zero-order valence-corrected chi connectivity index (χ0v) is 23.5. The number of nitrogens with zero attached hydrogens (tertiary/aromatic N) is 4. The van der Waals surface area contributed by atoms with Crippen molar-refractivity contribution in [1.82, 2.24) is 19.7 Å². The number of carbonyl (C=O) groups is 2. The minimum absolute atomic E-state index is 0.187. The molecule has 0 unspecified atom stereocenters. The van der Waals surface area contributed by atoms with Gasteiger partial charge < -0.3 is 13.9 Å². The Morgan fingerprint density at radius 1 is 0.756 bits per heavy atom. The Kier molecular flexibility index (Phi) is 7.69. The van der Waals surface area contributed by atoms with Crippen molar-refractivity contribution in [2.75, 3.05) is 14.2 Å². The number of benzene rings is 3. The third-order valence-corrected chi connectivity index (χ3v) is 6.70. The lowest BCUT2D eigenvalue weighted by Gasteiger charge is -2.22. The first-order valence-corrected chi connectivity index (χ1v) is 13.0. The van der Waals surface area contributed by atoms with Crippen molar-refractivity contribution in [3.05, 3.63) is 113 Å². The number of methoxy groups -OCH3 is 2. The molecule has 0 saturated heterocycles. The summed E-state index contributed by atoms with van der Waals surface area (Å²) in [6.07, 6.45) is 0. The molecule has 0 N–H and O–H groups in total. The van der Waals surface area contributed by atoms with E-state index in [1.807, 2.05) is 51.1 Å². The lowest BCUT2D eigenvalue weighted by atomic mass is 10.1. The summed E-state index contributed by atoms with van der Waals surface area (Å²) in [6, 6.07) is 23.1. The number of carbonyl (C=O) groups excluding carboxylic acids is 2. The Bertz CT molecular complexity index is 1620. The van der Waals surface area contributed by atoms with Gasteiger partial charge in [0.05, 0.1) is 20.8 Å². The van der Waals surface area contributed by atoms with Gasteiger partial charge in [0.1, 0.15) is 22.9 Å². The second-order valence-corrected chi connectivity index (χ2v) is 9.63. The maximum absolute atomic E-state index is 13.9. The smallest absolute Gasteiger partial charge is 0.261 e. The molecule has 0 aliphatic heterocycles. The predicted octanol–water partition coefficient (Wildman–Crippen LogP) is 5.95. The summed E-state index contributed by atoms with van der Waals surface area (Å²) in [5.41, 5.74) is 3.25. The average molecular weight is 551 g/mol. The van der Waals surface area contributed by atoms with Crippen molar-refractivity contribution in [2.45, 2.75) is 27.3 Å². The van der Waals surface area contributed by atoms with Crippen molar-refractivity contribution in [3.8, 4) is 28.8 Å². The molecule has 9 heteroatoms. The van der Waals surface area contributed by atoms with E-state index in [4.69, 9.17) is 13.9 Å².